The number of carbonyl (C=O) groups is 1. The monoisotopic (exact) mass is 409 g/mol. The lowest BCUT2D eigenvalue weighted by atomic mass is 10.1. The topological polar surface area (TPSA) is 66.7 Å². The van der Waals surface area contributed by atoms with Crippen LogP contribution in [0.15, 0.2) is 48.2 Å². The average molecular weight is 409 g/mol. The molecule has 1 aromatic heterocycles. The quantitative estimate of drug-likeness (QED) is 0.814. The number of aromatic nitrogens is 1. The Morgan fingerprint density at radius 3 is 2.55 bits per heavy atom. The highest BCUT2D eigenvalue weighted by Crippen LogP contribution is 2.42. The molecule has 1 saturated heterocycles. The van der Waals surface area contributed by atoms with Crippen molar-refractivity contribution in [2.45, 2.75) is 32.2 Å². The highest BCUT2D eigenvalue weighted by Gasteiger charge is 2.63. The molecule has 29 heavy (non-hydrogen) atoms. The van der Waals surface area contributed by atoms with E-state index in [2.05, 4.69) is 5.43 Å². The summed E-state index contributed by atoms with van der Waals surface area (Å²) in [6.45, 7) is 3.45. The number of benzene rings is 1. The van der Waals surface area contributed by atoms with Gasteiger partial charge in [-0.2, -0.15) is 13.2 Å². The summed E-state index contributed by atoms with van der Waals surface area (Å²) in [7, 11) is 1.39. The van der Waals surface area contributed by atoms with Crippen LogP contribution in [0.4, 0.5) is 13.2 Å². The molecule has 3 rings (SSSR count). The number of aliphatic hydroxyl groups is 1. The lowest BCUT2D eigenvalue weighted by Gasteiger charge is -2.33. The number of aryl methyl sites for hydroxylation is 1. The van der Waals surface area contributed by atoms with Gasteiger partial charge < -0.3 is 14.4 Å². The van der Waals surface area contributed by atoms with Gasteiger partial charge in [-0.05, 0) is 38.1 Å². The number of hydrogen-bond donors (Lipinski definition) is 2. The summed E-state index contributed by atoms with van der Waals surface area (Å²) in [5, 5.41) is 10.7. The third-order valence-electron chi connectivity index (χ3n) is 4.89. The standard InChI is InChI=1S/C20H22F3N3O3/c1-13-11-17(14(2)25(13)16-7-5-4-6-8-16)18(27)26-19(28,20(21,22)23)12-15(24-26)9-10-29-3/h4-9,11,24,28H,10,12H2,1-3H3/b15-9-/t19-/m1/s1. The maximum Gasteiger partial charge on any atom is 0.438 e. The molecule has 1 aliphatic heterocycles. The predicted molar refractivity (Wildman–Crippen MR) is 100 cm³/mol. The van der Waals surface area contributed by atoms with Crippen molar-refractivity contribution in [2.75, 3.05) is 13.7 Å². The largest absolute Gasteiger partial charge is 0.438 e. The molecule has 1 fully saturated rings. The van der Waals surface area contributed by atoms with E-state index in [0.29, 0.717) is 11.4 Å². The van der Waals surface area contributed by atoms with Crippen LogP contribution >= 0.6 is 0 Å². The molecule has 0 spiro atoms. The van der Waals surface area contributed by atoms with E-state index in [1.807, 2.05) is 30.3 Å². The molecule has 1 atom stereocenters. The Labute approximate surface area is 166 Å². The normalized spacial score (nSPS) is 20.9. The number of nitrogens with zero attached hydrogens (tertiary/aromatic N) is 2. The molecular formula is C20H22F3N3O3. The SMILES string of the molecule is COC/C=C1/C[C@@](O)(C(F)(F)F)N(C(=O)c2cc(C)n(-c3ccccc3)c2C)N1. The van der Waals surface area contributed by atoms with Gasteiger partial charge in [0.25, 0.3) is 11.6 Å². The molecular weight excluding hydrogens is 387 g/mol. The van der Waals surface area contributed by atoms with Crippen molar-refractivity contribution in [3.05, 3.63) is 65.1 Å². The number of para-hydroxylation sites is 1. The summed E-state index contributed by atoms with van der Waals surface area (Å²) in [5.41, 5.74) is 1.09. The van der Waals surface area contributed by atoms with Gasteiger partial charge >= 0.3 is 6.18 Å². The number of ether oxygens (including phenoxy) is 1. The molecule has 0 saturated carbocycles. The van der Waals surface area contributed by atoms with Gasteiger partial charge in [-0.15, -0.1) is 0 Å². The van der Waals surface area contributed by atoms with Crippen LogP contribution in [0.1, 0.15) is 28.2 Å². The minimum absolute atomic E-state index is 0.0425. The van der Waals surface area contributed by atoms with E-state index in [0.717, 1.165) is 5.69 Å². The summed E-state index contributed by atoms with van der Waals surface area (Å²) in [6, 6.07) is 10.7. The van der Waals surface area contributed by atoms with Gasteiger partial charge in [0.2, 0.25) is 0 Å². The van der Waals surface area contributed by atoms with Crippen molar-refractivity contribution in [1.29, 1.82) is 0 Å². The van der Waals surface area contributed by atoms with Crippen molar-refractivity contribution in [3.8, 4) is 5.69 Å². The highest BCUT2D eigenvalue weighted by molar-refractivity contribution is 5.96. The Bertz CT molecular complexity index is 938. The first-order chi connectivity index (χ1) is 13.6. The summed E-state index contributed by atoms with van der Waals surface area (Å²) in [4.78, 5) is 13.1. The Hall–Kier alpha value is -2.78. The van der Waals surface area contributed by atoms with E-state index in [9.17, 15) is 23.1 Å². The molecule has 0 aliphatic carbocycles. The summed E-state index contributed by atoms with van der Waals surface area (Å²) in [5.74, 6) is -0.971. The lowest BCUT2D eigenvalue weighted by Crippen LogP contribution is -2.60. The van der Waals surface area contributed by atoms with E-state index in [1.54, 1.807) is 18.4 Å². The minimum atomic E-state index is -5.05. The second-order valence-electron chi connectivity index (χ2n) is 6.88. The van der Waals surface area contributed by atoms with Gasteiger partial charge in [0.15, 0.2) is 0 Å². The average Bonchev–Trinajstić information content (AvgIpc) is 3.17. The fraction of sp³-hybridized carbons (Fsp3) is 0.350. The number of carbonyl (C=O) groups excluding carboxylic acids is 1. The first-order valence-corrected chi connectivity index (χ1v) is 8.93. The lowest BCUT2D eigenvalue weighted by molar-refractivity contribution is -0.299. The zero-order valence-electron chi connectivity index (χ0n) is 16.2. The molecule has 2 heterocycles. The molecule has 2 aromatic rings. The van der Waals surface area contributed by atoms with Crippen LogP contribution in [0.3, 0.4) is 0 Å². The molecule has 0 radical (unpaired) electrons. The summed E-state index contributed by atoms with van der Waals surface area (Å²) >= 11 is 0. The maximum atomic E-state index is 13.7. The Morgan fingerprint density at radius 2 is 1.97 bits per heavy atom. The van der Waals surface area contributed by atoms with Gasteiger partial charge in [0.1, 0.15) is 0 Å². The number of methoxy groups -OCH3 is 1. The number of rotatable bonds is 4. The fourth-order valence-electron chi connectivity index (χ4n) is 3.44. The van der Waals surface area contributed by atoms with Gasteiger partial charge in [0, 0.05) is 36.3 Å². The van der Waals surface area contributed by atoms with Crippen LogP contribution in [0.25, 0.3) is 5.69 Å². The predicted octanol–water partition coefficient (Wildman–Crippen LogP) is 3.23. The first-order valence-electron chi connectivity index (χ1n) is 8.93. The molecule has 1 aliphatic rings. The number of alkyl halides is 3. The van der Waals surface area contributed by atoms with E-state index in [-0.39, 0.29) is 22.9 Å². The molecule has 0 unspecified atom stereocenters. The Morgan fingerprint density at radius 1 is 1.31 bits per heavy atom. The summed E-state index contributed by atoms with van der Waals surface area (Å²) < 4.78 is 47.6. The molecule has 0 bridgehead atoms. The van der Waals surface area contributed by atoms with E-state index in [4.69, 9.17) is 4.74 Å². The van der Waals surface area contributed by atoms with E-state index < -0.39 is 24.2 Å². The molecule has 2 N–H and O–H groups in total. The van der Waals surface area contributed by atoms with Crippen LogP contribution in [-0.2, 0) is 4.74 Å². The number of halogens is 3. The van der Waals surface area contributed by atoms with Gasteiger partial charge in [-0.1, -0.05) is 18.2 Å². The maximum absolute atomic E-state index is 13.7. The van der Waals surface area contributed by atoms with Crippen molar-refractivity contribution in [3.63, 3.8) is 0 Å². The van der Waals surface area contributed by atoms with E-state index in [1.165, 1.54) is 19.3 Å². The summed E-state index contributed by atoms with van der Waals surface area (Å²) in [6.07, 6.45) is -4.50. The van der Waals surface area contributed by atoms with Crippen molar-refractivity contribution < 1.29 is 27.8 Å². The second-order valence-corrected chi connectivity index (χ2v) is 6.88. The van der Waals surface area contributed by atoms with Crippen LogP contribution in [-0.4, -0.2) is 46.2 Å². The smallest absolute Gasteiger partial charge is 0.381 e. The van der Waals surface area contributed by atoms with Crippen molar-refractivity contribution >= 4 is 5.91 Å². The van der Waals surface area contributed by atoms with Gasteiger partial charge in [0.05, 0.1) is 12.2 Å². The number of nitrogens with one attached hydrogen (secondary N) is 1. The number of amides is 1. The zero-order chi connectivity index (χ0) is 21.4. The van der Waals surface area contributed by atoms with Crippen molar-refractivity contribution in [2.24, 2.45) is 0 Å². The molecule has 1 aromatic carbocycles. The number of hydrazine groups is 1. The second kappa shape index (κ2) is 7.57. The van der Waals surface area contributed by atoms with Crippen LogP contribution in [0, 0.1) is 13.8 Å². The Kier molecular flexibility index (Phi) is 5.46. The van der Waals surface area contributed by atoms with E-state index >= 15 is 0 Å². The number of hydrogen-bond acceptors (Lipinski definition) is 4. The third-order valence-corrected chi connectivity index (χ3v) is 4.89. The minimum Gasteiger partial charge on any atom is -0.381 e. The third kappa shape index (κ3) is 3.63. The van der Waals surface area contributed by atoms with Crippen LogP contribution in [0.5, 0.6) is 0 Å². The van der Waals surface area contributed by atoms with Crippen LogP contribution in [0.2, 0.25) is 0 Å². The molecule has 156 valence electrons. The van der Waals surface area contributed by atoms with Gasteiger partial charge in [-0.25, -0.2) is 5.01 Å². The van der Waals surface area contributed by atoms with Crippen LogP contribution < -0.4 is 5.43 Å². The van der Waals surface area contributed by atoms with Crippen molar-refractivity contribution in [1.82, 2.24) is 15.0 Å². The molecule has 9 heteroatoms. The first kappa shape index (κ1) is 20.9. The van der Waals surface area contributed by atoms with Gasteiger partial charge in [-0.3, -0.25) is 10.2 Å². The molecule has 6 nitrogen and oxygen atoms in total. The Balaban J connectivity index is 2.03. The fourth-order valence-corrected chi connectivity index (χ4v) is 3.44. The molecule has 1 amide bonds. The zero-order valence-corrected chi connectivity index (χ0v) is 16.2. The highest BCUT2D eigenvalue weighted by atomic mass is 19.4.